The summed E-state index contributed by atoms with van der Waals surface area (Å²) in [5, 5.41) is 2.57. The lowest BCUT2D eigenvalue weighted by atomic mass is 9.91. The molecular weight excluding hydrogens is 637 g/mol. The number of benzene rings is 5. The zero-order chi connectivity index (χ0) is 34.4. The summed E-state index contributed by atoms with van der Waals surface area (Å²) in [5.41, 5.74) is 10.7. The zero-order valence-corrected chi connectivity index (χ0v) is 28.3. The van der Waals surface area contributed by atoms with Gasteiger partial charge in [-0.3, -0.25) is 9.13 Å². The van der Waals surface area contributed by atoms with E-state index in [0.29, 0.717) is 0 Å². The fourth-order valence-electron chi connectivity index (χ4n) is 7.41. The number of imidazole rings is 2. The van der Waals surface area contributed by atoms with E-state index < -0.39 is 0 Å². The molecule has 0 radical (unpaired) electrons. The highest BCUT2D eigenvalue weighted by atomic mass is 15.1. The molecule has 52 heavy (non-hydrogen) atoms. The lowest BCUT2D eigenvalue weighted by Gasteiger charge is -2.15. The number of aromatic nitrogens is 6. The molecule has 0 spiro atoms. The predicted octanol–water partition coefficient (Wildman–Crippen LogP) is 9.18. The van der Waals surface area contributed by atoms with E-state index in [2.05, 4.69) is 116 Å². The van der Waals surface area contributed by atoms with Crippen molar-refractivity contribution in [3.63, 3.8) is 0 Å². The summed E-state index contributed by atoms with van der Waals surface area (Å²) >= 11 is 0. The van der Waals surface area contributed by atoms with Crippen molar-refractivity contribution in [3.05, 3.63) is 168 Å². The second kappa shape index (κ2) is 12.4. The molecule has 0 N–H and O–H groups in total. The van der Waals surface area contributed by atoms with E-state index in [1.54, 1.807) is 0 Å². The van der Waals surface area contributed by atoms with Crippen molar-refractivity contribution in [1.29, 1.82) is 0 Å². The number of para-hydroxylation sites is 4. The van der Waals surface area contributed by atoms with Crippen LogP contribution in [0.3, 0.4) is 0 Å². The monoisotopic (exact) mass is 668 g/mol. The quantitative estimate of drug-likeness (QED) is 0.177. The molecule has 0 fully saturated rings. The Morgan fingerprint density at radius 1 is 0.404 bits per heavy atom. The summed E-state index contributed by atoms with van der Waals surface area (Å²) in [4.78, 5) is 19.5. The highest BCUT2D eigenvalue weighted by Crippen LogP contribution is 2.35. The van der Waals surface area contributed by atoms with Gasteiger partial charge in [-0.25, -0.2) is 19.9 Å². The summed E-state index contributed by atoms with van der Waals surface area (Å²) in [7, 11) is 0. The van der Waals surface area contributed by atoms with Gasteiger partial charge in [0.2, 0.25) is 0 Å². The molecular formula is C46H32N6. The van der Waals surface area contributed by atoms with Crippen LogP contribution in [-0.4, -0.2) is 29.1 Å². The molecule has 0 atom stereocenters. The van der Waals surface area contributed by atoms with Crippen molar-refractivity contribution in [3.8, 4) is 56.7 Å². The van der Waals surface area contributed by atoms with Crippen molar-refractivity contribution in [2.75, 3.05) is 0 Å². The van der Waals surface area contributed by atoms with Crippen LogP contribution >= 0.6 is 0 Å². The van der Waals surface area contributed by atoms with E-state index in [0.717, 1.165) is 80.4 Å². The molecule has 4 heterocycles. The Kier molecular flexibility index (Phi) is 7.17. The highest BCUT2D eigenvalue weighted by Gasteiger charge is 2.18. The number of fused-ring (bicyclic) bond motifs is 3. The predicted molar refractivity (Wildman–Crippen MR) is 210 cm³/mol. The van der Waals surface area contributed by atoms with Crippen molar-refractivity contribution in [2.24, 2.45) is 0 Å². The first-order valence-electron chi connectivity index (χ1n) is 17.6. The van der Waals surface area contributed by atoms with Gasteiger partial charge in [0.1, 0.15) is 23.3 Å². The van der Waals surface area contributed by atoms with Gasteiger partial charge in [-0.15, -0.1) is 0 Å². The average molecular weight is 669 g/mol. The Hall–Kier alpha value is -6.92. The van der Waals surface area contributed by atoms with Crippen LogP contribution in [0.2, 0.25) is 0 Å². The molecule has 0 saturated carbocycles. The summed E-state index contributed by atoms with van der Waals surface area (Å²) in [6.07, 6.45) is 10.5. The number of nitrogens with zero attached hydrogens (tertiary/aromatic N) is 6. The Morgan fingerprint density at radius 2 is 0.808 bits per heavy atom. The zero-order valence-electron chi connectivity index (χ0n) is 28.3. The molecule has 6 heteroatoms. The first-order chi connectivity index (χ1) is 25.8. The smallest absolute Gasteiger partial charge is 0.146 e. The fraction of sp³-hybridized carbons (Fsp3) is 0.0435. The number of hydrogen-bond acceptors (Lipinski definition) is 4. The molecule has 1 aliphatic rings. The number of pyridine rings is 2. The lowest BCUT2D eigenvalue weighted by molar-refractivity contribution is 1.03. The van der Waals surface area contributed by atoms with Crippen molar-refractivity contribution >= 4 is 34.2 Å². The van der Waals surface area contributed by atoms with Gasteiger partial charge < -0.3 is 0 Å². The van der Waals surface area contributed by atoms with E-state index in [9.17, 15) is 0 Å². The normalized spacial score (nSPS) is 12.4. The molecule has 4 aromatic heterocycles. The van der Waals surface area contributed by atoms with Gasteiger partial charge in [0.05, 0.1) is 22.1 Å². The maximum Gasteiger partial charge on any atom is 0.146 e. The van der Waals surface area contributed by atoms with E-state index in [1.165, 1.54) is 21.6 Å². The molecule has 0 amide bonds. The maximum absolute atomic E-state index is 5.06. The largest absolute Gasteiger partial charge is 0.276 e. The van der Waals surface area contributed by atoms with Gasteiger partial charge in [-0.1, -0.05) is 97.1 Å². The highest BCUT2D eigenvalue weighted by molar-refractivity contribution is 5.88. The second-order valence-electron chi connectivity index (χ2n) is 13.1. The molecule has 0 aliphatic heterocycles. The Morgan fingerprint density at radius 3 is 1.23 bits per heavy atom. The van der Waals surface area contributed by atoms with Crippen LogP contribution in [0.4, 0.5) is 0 Å². The van der Waals surface area contributed by atoms with Gasteiger partial charge in [-0.05, 0) is 106 Å². The molecule has 5 aromatic carbocycles. The standard InChI is InChI=1S/C46H32N6/c1-2-12-36-30-38(32-21-25-34(26-22-32)46-50-40-14-4-6-16-42(40)52(46)44-18-8-10-28-48-44)37(29-35(36)11-1)31-19-23-33(24-20-31)45-49-39-13-3-5-15-41(39)51(45)43-17-7-9-27-47-43/h3-30H,1-2H2. The topological polar surface area (TPSA) is 61.4 Å². The average Bonchev–Trinajstić information content (AvgIpc) is 3.81. The van der Waals surface area contributed by atoms with Gasteiger partial charge in [0.15, 0.2) is 0 Å². The summed E-state index contributed by atoms with van der Waals surface area (Å²) in [6.45, 7) is 0. The summed E-state index contributed by atoms with van der Waals surface area (Å²) in [6, 6.07) is 50.7. The first kappa shape index (κ1) is 29.9. The van der Waals surface area contributed by atoms with Gasteiger partial charge in [-0.2, -0.15) is 0 Å². The third-order valence-corrected chi connectivity index (χ3v) is 9.90. The van der Waals surface area contributed by atoms with Crippen LogP contribution in [0.25, 0.3) is 90.9 Å². The van der Waals surface area contributed by atoms with Gasteiger partial charge in [0.25, 0.3) is 0 Å². The molecule has 10 rings (SSSR count). The van der Waals surface area contributed by atoms with Crippen LogP contribution in [0.1, 0.15) is 12.8 Å². The molecule has 9 aromatic rings. The molecule has 1 aliphatic carbocycles. The van der Waals surface area contributed by atoms with Crippen LogP contribution in [0.15, 0.2) is 158 Å². The Labute approximate surface area is 300 Å². The van der Waals surface area contributed by atoms with Crippen LogP contribution < -0.4 is 10.4 Å². The summed E-state index contributed by atoms with van der Waals surface area (Å²) < 4.78 is 4.28. The van der Waals surface area contributed by atoms with Crippen molar-refractivity contribution in [2.45, 2.75) is 12.8 Å². The molecule has 0 unspecified atom stereocenters. The number of rotatable bonds is 6. The minimum Gasteiger partial charge on any atom is -0.276 e. The van der Waals surface area contributed by atoms with Gasteiger partial charge >= 0.3 is 0 Å². The lowest BCUT2D eigenvalue weighted by Crippen LogP contribution is -2.27. The van der Waals surface area contributed by atoms with Crippen molar-refractivity contribution in [1.82, 2.24) is 29.1 Å². The van der Waals surface area contributed by atoms with E-state index in [1.807, 2.05) is 73.1 Å². The molecule has 0 bridgehead atoms. The van der Waals surface area contributed by atoms with E-state index in [4.69, 9.17) is 9.97 Å². The molecule has 6 nitrogen and oxygen atoms in total. The van der Waals surface area contributed by atoms with Crippen LogP contribution in [0, 0.1) is 0 Å². The minimum atomic E-state index is 0.845. The van der Waals surface area contributed by atoms with Crippen LogP contribution in [-0.2, 0) is 0 Å². The second-order valence-corrected chi connectivity index (χ2v) is 13.1. The first-order valence-corrected chi connectivity index (χ1v) is 17.6. The third-order valence-electron chi connectivity index (χ3n) is 9.90. The van der Waals surface area contributed by atoms with E-state index in [-0.39, 0.29) is 0 Å². The van der Waals surface area contributed by atoms with Gasteiger partial charge in [0, 0.05) is 23.5 Å². The number of hydrogen-bond donors (Lipinski definition) is 0. The molecule has 246 valence electrons. The third kappa shape index (κ3) is 5.12. The van der Waals surface area contributed by atoms with Crippen molar-refractivity contribution < 1.29 is 0 Å². The molecule has 0 saturated heterocycles. The SMILES string of the molecule is C1=c2cc(-c3ccc(-c4nc5ccccc5n4-c4ccccn4)cc3)c(-c3ccc(-c4nc5ccccc5n4-c4ccccn4)cc3)cc2=CCC1. The summed E-state index contributed by atoms with van der Waals surface area (Å²) in [5.74, 6) is 3.43. The van der Waals surface area contributed by atoms with E-state index >= 15 is 0 Å². The van der Waals surface area contributed by atoms with Crippen LogP contribution in [0.5, 0.6) is 0 Å². The maximum atomic E-state index is 5.06. The fourth-order valence-corrected chi connectivity index (χ4v) is 7.41. The Bertz CT molecular complexity index is 2670. The Balaban J connectivity index is 1.07. The minimum absolute atomic E-state index is 0.845.